The Labute approximate surface area is 105 Å². The van der Waals surface area contributed by atoms with Gasteiger partial charge < -0.3 is 10.2 Å². The predicted octanol–water partition coefficient (Wildman–Crippen LogP) is 3.35. The van der Waals surface area contributed by atoms with Gasteiger partial charge in [-0.1, -0.05) is 19.1 Å². The van der Waals surface area contributed by atoms with Crippen LogP contribution < -0.4 is 10.2 Å². The average molecular weight is 232 g/mol. The van der Waals surface area contributed by atoms with E-state index in [1.165, 1.54) is 43.6 Å². The van der Waals surface area contributed by atoms with Crippen LogP contribution in [0.5, 0.6) is 0 Å². The molecule has 1 aromatic rings. The summed E-state index contributed by atoms with van der Waals surface area (Å²) in [5.74, 6) is 0. The molecule has 0 radical (unpaired) electrons. The molecule has 2 rings (SSSR count). The lowest BCUT2D eigenvalue weighted by atomic mass is 10.1. The van der Waals surface area contributed by atoms with Crippen molar-refractivity contribution in [2.45, 2.75) is 39.2 Å². The zero-order chi connectivity index (χ0) is 12.1. The minimum absolute atomic E-state index is 0.454. The molecule has 1 aliphatic rings. The molecule has 1 heterocycles. The largest absolute Gasteiger partial charge is 0.372 e. The average Bonchev–Trinajstić information content (AvgIpc) is 2.40. The number of hydrogen-bond donors (Lipinski definition) is 1. The topological polar surface area (TPSA) is 15.3 Å². The van der Waals surface area contributed by atoms with Gasteiger partial charge in [-0.25, -0.2) is 0 Å². The normalized spacial score (nSPS) is 18.1. The fraction of sp³-hybridized carbons (Fsp3) is 0.600. The van der Waals surface area contributed by atoms with Gasteiger partial charge in [0.15, 0.2) is 0 Å². The van der Waals surface area contributed by atoms with Crippen LogP contribution in [0.25, 0.3) is 0 Å². The molecule has 1 aromatic carbocycles. The Balaban J connectivity index is 2.01. The Morgan fingerprint density at radius 1 is 1.12 bits per heavy atom. The maximum atomic E-state index is 3.45. The van der Waals surface area contributed by atoms with Crippen LogP contribution in [0.2, 0.25) is 0 Å². The van der Waals surface area contributed by atoms with Gasteiger partial charge in [-0.2, -0.15) is 0 Å². The molecule has 1 saturated heterocycles. The molecule has 1 N–H and O–H groups in total. The summed E-state index contributed by atoms with van der Waals surface area (Å²) in [6.07, 6.45) is 4.08. The molecule has 94 valence electrons. The molecule has 2 nitrogen and oxygen atoms in total. The molecule has 0 aliphatic carbocycles. The first-order valence-electron chi connectivity index (χ1n) is 6.89. The van der Waals surface area contributed by atoms with E-state index >= 15 is 0 Å². The van der Waals surface area contributed by atoms with Gasteiger partial charge in [-0.05, 0) is 50.4 Å². The Morgan fingerprint density at radius 3 is 2.35 bits per heavy atom. The monoisotopic (exact) mass is 232 g/mol. The number of hydrogen-bond acceptors (Lipinski definition) is 2. The lowest BCUT2D eigenvalue weighted by Gasteiger charge is -2.29. The second-order valence-corrected chi connectivity index (χ2v) is 4.92. The van der Waals surface area contributed by atoms with Crippen LogP contribution in [0, 0.1) is 0 Å². The lowest BCUT2D eigenvalue weighted by molar-refractivity contribution is 0.577. The van der Waals surface area contributed by atoms with E-state index < -0.39 is 0 Å². The Morgan fingerprint density at radius 2 is 1.76 bits per heavy atom. The highest BCUT2D eigenvalue weighted by atomic mass is 15.1. The van der Waals surface area contributed by atoms with Crippen LogP contribution in [-0.4, -0.2) is 19.6 Å². The summed E-state index contributed by atoms with van der Waals surface area (Å²) < 4.78 is 0. The zero-order valence-electron chi connectivity index (χ0n) is 11.1. The van der Waals surface area contributed by atoms with Crippen molar-refractivity contribution in [2.24, 2.45) is 0 Å². The molecule has 1 unspecified atom stereocenters. The highest BCUT2D eigenvalue weighted by molar-refractivity contribution is 5.48. The molecular formula is C15H24N2. The van der Waals surface area contributed by atoms with Crippen LogP contribution in [0.1, 0.15) is 44.7 Å². The molecular weight excluding hydrogens is 208 g/mol. The fourth-order valence-electron chi connectivity index (χ4n) is 2.55. The van der Waals surface area contributed by atoms with Crippen molar-refractivity contribution in [3.63, 3.8) is 0 Å². The Hall–Kier alpha value is -1.02. The SMILES string of the molecule is CCNC(C)c1ccc(N2CCCCC2)cc1. The quantitative estimate of drug-likeness (QED) is 0.856. The van der Waals surface area contributed by atoms with Crippen LogP contribution in [0.15, 0.2) is 24.3 Å². The second-order valence-electron chi connectivity index (χ2n) is 4.92. The van der Waals surface area contributed by atoms with E-state index in [2.05, 4.69) is 48.3 Å². The number of piperidine rings is 1. The van der Waals surface area contributed by atoms with E-state index in [1.54, 1.807) is 0 Å². The number of nitrogens with zero attached hydrogens (tertiary/aromatic N) is 1. The fourth-order valence-corrected chi connectivity index (χ4v) is 2.55. The first-order valence-corrected chi connectivity index (χ1v) is 6.89. The summed E-state index contributed by atoms with van der Waals surface area (Å²) in [5.41, 5.74) is 2.77. The minimum atomic E-state index is 0.454. The third-order valence-corrected chi connectivity index (χ3v) is 3.62. The smallest absolute Gasteiger partial charge is 0.0366 e. The van der Waals surface area contributed by atoms with Crippen LogP contribution in [0.3, 0.4) is 0 Å². The lowest BCUT2D eigenvalue weighted by Crippen LogP contribution is -2.29. The van der Waals surface area contributed by atoms with Gasteiger partial charge in [-0.3, -0.25) is 0 Å². The summed E-state index contributed by atoms with van der Waals surface area (Å²) in [7, 11) is 0. The summed E-state index contributed by atoms with van der Waals surface area (Å²) >= 11 is 0. The van der Waals surface area contributed by atoms with Crippen molar-refractivity contribution in [2.75, 3.05) is 24.5 Å². The Bertz CT molecular complexity index is 325. The van der Waals surface area contributed by atoms with Crippen LogP contribution in [-0.2, 0) is 0 Å². The molecule has 17 heavy (non-hydrogen) atoms. The summed E-state index contributed by atoms with van der Waals surface area (Å²) in [5, 5.41) is 3.45. The molecule has 1 atom stereocenters. The van der Waals surface area contributed by atoms with E-state index in [0.717, 1.165) is 6.54 Å². The highest BCUT2D eigenvalue weighted by Crippen LogP contribution is 2.22. The molecule has 2 heteroatoms. The van der Waals surface area contributed by atoms with Gasteiger partial charge >= 0.3 is 0 Å². The molecule has 0 aromatic heterocycles. The number of benzene rings is 1. The first kappa shape index (κ1) is 12.4. The van der Waals surface area contributed by atoms with Gasteiger partial charge in [0.05, 0.1) is 0 Å². The summed E-state index contributed by atoms with van der Waals surface area (Å²) in [6, 6.07) is 9.52. The van der Waals surface area contributed by atoms with Crippen LogP contribution >= 0.6 is 0 Å². The molecule has 1 fully saturated rings. The summed E-state index contributed by atoms with van der Waals surface area (Å²) in [4.78, 5) is 2.51. The van der Waals surface area contributed by atoms with Gasteiger partial charge in [-0.15, -0.1) is 0 Å². The van der Waals surface area contributed by atoms with Gasteiger partial charge in [0.25, 0.3) is 0 Å². The number of rotatable bonds is 4. The van der Waals surface area contributed by atoms with Crippen LogP contribution in [0.4, 0.5) is 5.69 Å². The summed E-state index contributed by atoms with van der Waals surface area (Å²) in [6.45, 7) is 7.84. The number of anilines is 1. The van der Waals surface area contributed by atoms with Crippen molar-refractivity contribution in [3.05, 3.63) is 29.8 Å². The zero-order valence-corrected chi connectivity index (χ0v) is 11.1. The molecule has 0 saturated carbocycles. The van der Waals surface area contributed by atoms with Crippen molar-refractivity contribution >= 4 is 5.69 Å². The van der Waals surface area contributed by atoms with Crippen molar-refractivity contribution in [1.82, 2.24) is 5.32 Å². The molecule has 1 aliphatic heterocycles. The van der Waals surface area contributed by atoms with E-state index in [-0.39, 0.29) is 0 Å². The highest BCUT2D eigenvalue weighted by Gasteiger charge is 2.11. The first-order chi connectivity index (χ1) is 8.31. The third kappa shape index (κ3) is 3.22. The van der Waals surface area contributed by atoms with Crippen molar-refractivity contribution < 1.29 is 0 Å². The molecule has 0 bridgehead atoms. The standard InChI is InChI=1S/C15H24N2/c1-3-16-13(2)14-7-9-15(10-8-14)17-11-5-4-6-12-17/h7-10,13,16H,3-6,11-12H2,1-2H3. The maximum absolute atomic E-state index is 3.45. The molecule has 0 amide bonds. The number of nitrogens with one attached hydrogen (secondary N) is 1. The van der Waals surface area contributed by atoms with Crippen molar-refractivity contribution in [3.8, 4) is 0 Å². The van der Waals surface area contributed by atoms with E-state index in [4.69, 9.17) is 0 Å². The second kappa shape index (κ2) is 6.06. The molecule has 0 spiro atoms. The van der Waals surface area contributed by atoms with Gasteiger partial charge in [0.2, 0.25) is 0 Å². The Kier molecular flexibility index (Phi) is 4.43. The van der Waals surface area contributed by atoms with E-state index in [0.29, 0.717) is 6.04 Å². The predicted molar refractivity (Wildman–Crippen MR) is 74.6 cm³/mol. The minimum Gasteiger partial charge on any atom is -0.372 e. The third-order valence-electron chi connectivity index (χ3n) is 3.62. The van der Waals surface area contributed by atoms with Gasteiger partial charge in [0, 0.05) is 24.8 Å². The van der Waals surface area contributed by atoms with E-state index in [1.807, 2.05) is 0 Å². The maximum Gasteiger partial charge on any atom is 0.0366 e. The van der Waals surface area contributed by atoms with Gasteiger partial charge in [0.1, 0.15) is 0 Å². The van der Waals surface area contributed by atoms with E-state index in [9.17, 15) is 0 Å². The van der Waals surface area contributed by atoms with Crippen molar-refractivity contribution in [1.29, 1.82) is 0 Å².